The van der Waals surface area contributed by atoms with E-state index < -0.39 is 4.92 Å². The number of halogens is 1. The molecule has 102 valence electrons. The van der Waals surface area contributed by atoms with Crippen LogP contribution in [0, 0.1) is 10.1 Å². The van der Waals surface area contributed by atoms with Gasteiger partial charge in [-0.15, -0.1) is 0 Å². The Bertz CT molecular complexity index is 501. The zero-order valence-corrected chi connectivity index (χ0v) is 11.7. The second-order valence-corrected chi connectivity index (χ2v) is 5.12. The lowest BCUT2D eigenvalue weighted by Crippen LogP contribution is -2.32. The molecule has 19 heavy (non-hydrogen) atoms. The smallest absolute Gasteiger partial charge is 0.270 e. The SMILES string of the molecule is O=C(NCC1CCCO1)c1cc([N+](=O)[O-])ccc1Br. The topological polar surface area (TPSA) is 81.5 Å². The highest BCUT2D eigenvalue weighted by atomic mass is 79.9. The number of rotatable bonds is 4. The highest BCUT2D eigenvalue weighted by molar-refractivity contribution is 9.10. The van der Waals surface area contributed by atoms with Crippen molar-refractivity contribution in [2.45, 2.75) is 18.9 Å². The average molecular weight is 329 g/mol. The lowest BCUT2D eigenvalue weighted by Gasteiger charge is -2.11. The third-order valence-electron chi connectivity index (χ3n) is 2.92. The molecule has 0 radical (unpaired) electrons. The number of hydrogen-bond donors (Lipinski definition) is 1. The minimum Gasteiger partial charge on any atom is -0.376 e. The molecule has 0 bridgehead atoms. The quantitative estimate of drug-likeness (QED) is 0.679. The molecule has 1 heterocycles. The molecular weight excluding hydrogens is 316 g/mol. The first-order chi connectivity index (χ1) is 9.08. The van der Waals surface area contributed by atoms with Crippen LogP contribution in [-0.2, 0) is 4.74 Å². The van der Waals surface area contributed by atoms with Gasteiger partial charge in [0.15, 0.2) is 0 Å². The Morgan fingerprint density at radius 2 is 2.37 bits per heavy atom. The van der Waals surface area contributed by atoms with Crippen LogP contribution in [0.3, 0.4) is 0 Å². The third kappa shape index (κ3) is 3.51. The van der Waals surface area contributed by atoms with Crippen molar-refractivity contribution in [1.82, 2.24) is 5.32 Å². The molecule has 0 aliphatic carbocycles. The maximum Gasteiger partial charge on any atom is 0.270 e. The van der Waals surface area contributed by atoms with Gasteiger partial charge in [0.25, 0.3) is 11.6 Å². The predicted molar refractivity (Wildman–Crippen MR) is 72.1 cm³/mol. The first-order valence-electron chi connectivity index (χ1n) is 5.91. The number of benzene rings is 1. The number of carbonyl (C=O) groups excluding carboxylic acids is 1. The van der Waals surface area contributed by atoms with Crippen LogP contribution in [0.25, 0.3) is 0 Å². The fourth-order valence-electron chi connectivity index (χ4n) is 1.91. The number of ether oxygens (including phenoxy) is 1. The van der Waals surface area contributed by atoms with E-state index in [9.17, 15) is 14.9 Å². The van der Waals surface area contributed by atoms with Crippen LogP contribution in [0.4, 0.5) is 5.69 Å². The van der Waals surface area contributed by atoms with Crippen LogP contribution < -0.4 is 5.32 Å². The molecule has 1 amide bonds. The van der Waals surface area contributed by atoms with Gasteiger partial charge in [-0.3, -0.25) is 14.9 Å². The Balaban J connectivity index is 2.04. The summed E-state index contributed by atoms with van der Waals surface area (Å²) in [6.45, 7) is 1.15. The lowest BCUT2D eigenvalue weighted by molar-refractivity contribution is -0.384. The van der Waals surface area contributed by atoms with E-state index in [4.69, 9.17) is 4.74 Å². The van der Waals surface area contributed by atoms with Gasteiger partial charge in [-0.1, -0.05) is 0 Å². The second-order valence-electron chi connectivity index (χ2n) is 4.27. The second kappa shape index (κ2) is 6.12. The van der Waals surface area contributed by atoms with Crippen LogP contribution in [0.2, 0.25) is 0 Å². The number of nitro groups is 1. The van der Waals surface area contributed by atoms with E-state index in [1.54, 1.807) is 0 Å². The molecule has 1 aromatic rings. The van der Waals surface area contributed by atoms with E-state index in [1.165, 1.54) is 18.2 Å². The number of hydrogen-bond acceptors (Lipinski definition) is 4. The minimum absolute atomic E-state index is 0.0430. The number of nitrogens with zero attached hydrogens (tertiary/aromatic N) is 1. The summed E-state index contributed by atoms with van der Waals surface area (Å²) in [6.07, 6.45) is 1.97. The van der Waals surface area contributed by atoms with Crippen molar-refractivity contribution in [1.29, 1.82) is 0 Å². The zero-order chi connectivity index (χ0) is 13.8. The monoisotopic (exact) mass is 328 g/mol. The molecule has 1 atom stereocenters. The van der Waals surface area contributed by atoms with Crippen molar-refractivity contribution in [3.63, 3.8) is 0 Å². The number of carbonyl (C=O) groups is 1. The summed E-state index contributed by atoms with van der Waals surface area (Å²) < 4.78 is 5.93. The van der Waals surface area contributed by atoms with E-state index in [-0.39, 0.29) is 23.3 Å². The van der Waals surface area contributed by atoms with Crippen LogP contribution in [0.1, 0.15) is 23.2 Å². The van der Waals surface area contributed by atoms with E-state index in [1.807, 2.05) is 0 Å². The highest BCUT2D eigenvalue weighted by Crippen LogP contribution is 2.22. The van der Waals surface area contributed by atoms with Crippen molar-refractivity contribution in [2.24, 2.45) is 0 Å². The Morgan fingerprint density at radius 1 is 1.58 bits per heavy atom. The summed E-state index contributed by atoms with van der Waals surface area (Å²) >= 11 is 3.22. The van der Waals surface area contributed by atoms with Crippen molar-refractivity contribution >= 4 is 27.5 Å². The summed E-state index contributed by atoms with van der Waals surface area (Å²) in [5.41, 5.74) is 0.151. The molecule has 7 heteroatoms. The van der Waals surface area contributed by atoms with Gasteiger partial charge in [-0.05, 0) is 34.8 Å². The van der Waals surface area contributed by atoms with Crippen LogP contribution in [-0.4, -0.2) is 30.1 Å². The number of amides is 1. The minimum atomic E-state index is -0.525. The third-order valence-corrected chi connectivity index (χ3v) is 3.61. The Morgan fingerprint density at radius 3 is 3.00 bits per heavy atom. The van der Waals surface area contributed by atoms with Gasteiger partial charge in [0.1, 0.15) is 0 Å². The molecule has 1 fully saturated rings. The van der Waals surface area contributed by atoms with Gasteiger partial charge < -0.3 is 10.1 Å². The summed E-state index contributed by atoms with van der Waals surface area (Å²) in [5, 5.41) is 13.4. The van der Waals surface area contributed by atoms with E-state index >= 15 is 0 Å². The standard InChI is InChI=1S/C12H13BrN2O4/c13-11-4-3-8(15(17)18)6-10(11)12(16)14-7-9-2-1-5-19-9/h3-4,6,9H,1-2,5,7H2,(H,14,16). The summed E-state index contributed by atoms with van der Waals surface area (Å²) in [5.74, 6) is -0.342. The fourth-order valence-corrected chi connectivity index (χ4v) is 2.33. The van der Waals surface area contributed by atoms with Gasteiger partial charge in [-0.25, -0.2) is 0 Å². The lowest BCUT2D eigenvalue weighted by atomic mass is 10.2. The van der Waals surface area contributed by atoms with Crippen molar-refractivity contribution < 1.29 is 14.5 Å². The molecule has 1 aliphatic rings. The summed E-state index contributed by atoms with van der Waals surface area (Å²) in [6, 6.07) is 4.11. The predicted octanol–water partition coefficient (Wildman–Crippen LogP) is 2.27. The molecule has 1 aromatic carbocycles. The first-order valence-corrected chi connectivity index (χ1v) is 6.71. The molecule has 0 spiro atoms. The maximum atomic E-state index is 12.0. The molecule has 1 saturated heterocycles. The van der Waals surface area contributed by atoms with Gasteiger partial charge in [0.05, 0.1) is 16.6 Å². The van der Waals surface area contributed by atoms with E-state index in [0.717, 1.165) is 19.4 Å². The molecule has 2 rings (SSSR count). The number of non-ortho nitro benzene ring substituents is 1. The Hall–Kier alpha value is -1.47. The molecule has 1 unspecified atom stereocenters. The van der Waals surface area contributed by atoms with Crippen LogP contribution in [0.5, 0.6) is 0 Å². The Labute approximate surface area is 118 Å². The van der Waals surface area contributed by atoms with Crippen molar-refractivity contribution in [2.75, 3.05) is 13.2 Å². The molecular formula is C12H13BrN2O4. The van der Waals surface area contributed by atoms with Crippen molar-refractivity contribution in [3.8, 4) is 0 Å². The molecule has 1 aliphatic heterocycles. The maximum absolute atomic E-state index is 12.0. The first kappa shape index (κ1) is 14.0. The zero-order valence-electron chi connectivity index (χ0n) is 10.1. The number of nitrogens with one attached hydrogen (secondary N) is 1. The van der Waals surface area contributed by atoms with Gasteiger partial charge in [0.2, 0.25) is 0 Å². The van der Waals surface area contributed by atoms with E-state index in [0.29, 0.717) is 11.0 Å². The van der Waals surface area contributed by atoms with E-state index in [2.05, 4.69) is 21.2 Å². The van der Waals surface area contributed by atoms with Gasteiger partial charge in [-0.2, -0.15) is 0 Å². The van der Waals surface area contributed by atoms with Crippen molar-refractivity contribution in [3.05, 3.63) is 38.3 Å². The largest absolute Gasteiger partial charge is 0.376 e. The Kier molecular flexibility index (Phi) is 4.49. The molecule has 0 aromatic heterocycles. The van der Waals surface area contributed by atoms with Crippen LogP contribution >= 0.6 is 15.9 Å². The highest BCUT2D eigenvalue weighted by Gasteiger charge is 2.19. The number of nitro benzene ring substituents is 1. The normalized spacial score (nSPS) is 18.3. The summed E-state index contributed by atoms with van der Waals surface area (Å²) in [4.78, 5) is 22.1. The summed E-state index contributed by atoms with van der Waals surface area (Å²) in [7, 11) is 0. The molecule has 6 nitrogen and oxygen atoms in total. The fraction of sp³-hybridized carbons (Fsp3) is 0.417. The average Bonchev–Trinajstić information content (AvgIpc) is 2.89. The molecule has 1 N–H and O–H groups in total. The molecule has 0 saturated carbocycles. The van der Waals surface area contributed by atoms with Crippen LogP contribution in [0.15, 0.2) is 22.7 Å². The van der Waals surface area contributed by atoms with Gasteiger partial charge >= 0.3 is 0 Å². The van der Waals surface area contributed by atoms with Gasteiger partial charge in [0, 0.05) is 29.8 Å².